The van der Waals surface area contributed by atoms with Crippen LogP contribution >= 0.6 is 12.4 Å². The largest absolute Gasteiger partial charge is 0.351 e. The van der Waals surface area contributed by atoms with Crippen LogP contribution in [-0.4, -0.2) is 17.9 Å². The Morgan fingerprint density at radius 3 is 2.30 bits per heavy atom. The van der Waals surface area contributed by atoms with Crippen LogP contribution in [0, 0.1) is 5.92 Å². The van der Waals surface area contributed by atoms with Crippen LogP contribution < -0.4 is 16.4 Å². The molecule has 2 atom stereocenters. The molecule has 4 N–H and O–H groups in total. The van der Waals surface area contributed by atoms with Gasteiger partial charge in [0.05, 0.1) is 6.04 Å². The fourth-order valence-corrected chi connectivity index (χ4v) is 1.98. The molecule has 1 aromatic rings. The van der Waals surface area contributed by atoms with E-state index in [1.165, 1.54) is 0 Å². The van der Waals surface area contributed by atoms with Crippen molar-refractivity contribution in [2.24, 2.45) is 11.7 Å². The standard InChI is InChI=1S/C17H27N3O2.ClH/c1-4-6-15(21)20-14-9-7-13(8-10-14)11-19-17(22)16(18)12(3)5-2;/h7-10,12,16H,4-6,11,18H2,1-3H3,(H,19,22)(H,20,21);1H. The van der Waals surface area contributed by atoms with Crippen LogP contribution in [0.3, 0.4) is 0 Å². The molecular formula is C17H28ClN3O2. The van der Waals surface area contributed by atoms with Crippen LogP contribution in [0.2, 0.25) is 0 Å². The van der Waals surface area contributed by atoms with E-state index in [2.05, 4.69) is 10.6 Å². The zero-order chi connectivity index (χ0) is 16.5. The number of carbonyl (C=O) groups excluding carboxylic acids is 2. The Labute approximate surface area is 144 Å². The maximum absolute atomic E-state index is 11.9. The van der Waals surface area contributed by atoms with Crippen LogP contribution in [0.4, 0.5) is 5.69 Å². The predicted molar refractivity (Wildman–Crippen MR) is 96.5 cm³/mol. The van der Waals surface area contributed by atoms with Crippen molar-refractivity contribution in [3.63, 3.8) is 0 Å². The molecule has 1 aromatic carbocycles. The first-order valence-electron chi connectivity index (χ1n) is 7.90. The molecule has 0 aliphatic rings. The summed E-state index contributed by atoms with van der Waals surface area (Å²) in [6.45, 7) is 6.39. The minimum absolute atomic E-state index is 0. The van der Waals surface area contributed by atoms with Crippen molar-refractivity contribution in [3.05, 3.63) is 29.8 Å². The Kier molecular flexibility index (Phi) is 10.3. The van der Waals surface area contributed by atoms with Crippen LogP contribution in [0.25, 0.3) is 0 Å². The molecule has 130 valence electrons. The highest BCUT2D eigenvalue weighted by Crippen LogP contribution is 2.11. The maximum Gasteiger partial charge on any atom is 0.237 e. The van der Waals surface area contributed by atoms with Crippen molar-refractivity contribution in [2.45, 2.75) is 52.6 Å². The van der Waals surface area contributed by atoms with E-state index in [1.54, 1.807) is 0 Å². The molecule has 0 radical (unpaired) electrons. The molecule has 0 fully saturated rings. The SMILES string of the molecule is CCCC(=O)Nc1ccc(CNC(=O)C(N)C(C)CC)cc1.Cl. The van der Waals surface area contributed by atoms with Gasteiger partial charge in [-0.2, -0.15) is 0 Å². The number of carbonyl (C=O) groups is 2. The van der Waals surface area contributed by atoms with Crippen LogP contribution in [0.5, 0.6) is 0 Å². The van der Waals surface area contributed by atoms with Crippen molar-refractivity contribution in [3.8, 4) is 0 Å². The summed E-state index contributed by atoms with van der Waals surface area (Å²) in [4.78, 5) is 23.4. The summed E-state index contributed by atoms with van der Waals surface area (Å²) in [6, 6.07) is 6.97. The lowest BCUT2D eigenvalue weighted by atomic mass is 9.99. The predicted octanol–water partition coefficient (Wildman–Crippen LogP) is 2.84. The smallest absolute Gasteiger partial charge is 0.237 e. The molecular weight excluding hydrogens is 314 g/mol. The maximum atomic E-state index is 11.9. The molecule has 23 heavy (non-hydrogen) atoms. The number of hydrogen-bond acceptors (Lipinski definition) is 3. The third kappa shape index (κ3) is 7.48. The number of nitrogens with one attached hydrogen (secondary N) is 2. The molecule has 0 spiro atoms. The number of nitrogens with two attached hydrogens (primary N) is 1. The van der Waals surface area contributed by atoms with E-state index in [4.69, 9.17) is 5.73 Å². The van der Waals surface area contributed by atoms with Gasteiger partial charge in [-0.05, 0) is 30.0 Å². The summed E-state index contributed by atoms with van der Waals surface area (Å²) in [5.41, 5.74) is 7.62. The van der Waals surface area contributed by atoms with Crippen molar-refractivity contribution in [1.29, 1.82) is 0 Å². The molecule has 0 aliphatic heterocycles. The summed E-state index contributed by atoms with van der Waals surface area (Å²) in [5.74, 6) is 0.0499. The fraction of sp³-hybridized carbons (Fsp3) is 0.529. The van der Waals surface area contributed by atoms with Gasteiger partial charge in [0.25, 0.3) is 0 Å². The van der Waals surface area contributed by atoms with Gasteiger partial charge in [-0.25, -0.2) is 0 Å². The summed E-state index contributed by atoms with van der Waals surface area (Å²) >= 11 is 0. The van der Waals surface area contributed by atoms with Crippen LogP contribution in [0.1, 0.15) is 45.6 Å². The molecule has 2 amide bonds. The highest BCUT2D eigenvalue weighted by atomic mass is 35.5. The minimum Gasteiger partial charge on any atom is -0.351 e. The van der Waals surface area contributed by atoms with E-state index in [1.807, 2.05) is 45.0 Å². The lowest BCUT2D eigenvalue weighted by molar-refractivity contribution is -0.123. The fourth-order valence-electron chi connectivity index (χ4n) is 1.98. The van der Waals surface area contributed by atoms with Crippen molar-refractivity contribution < 1.29 is 9.59 Å². The third-order valence-corrected chi connectivity index (χ3v) is 3.74. The second-order valence-corrected chi connectivity index (χ2v) is 5.62. The normalized spacial score (nSPS) is 12.7. The first kappa shape index (κ1) is 21.4. The van der Waals surface area contributed by atoms with Gasteiger partial charge in [0.2, 0.25) is 11.8 Å². The van der Waals surface area contributed by atoms with E-state index < -0.39 is 6.04 Å². The van der Waals surface area contributed by atoms with E-state index in [9.17, 15) is 9.59 Å². The van der Waals surface area contributed by atoms with E-state index in [0.717, 1.165) is 24.1 Å². The molecule has 0 bridgehead atoms. The average molecular weight is 342 g/mol. The second-order valence-electron chi connectivity index (χ2n) is 5.62. The Morgan fingerprint density at radius 1 is 1.17 bits per heavy atom. The number of halogens is 1. The molecule has 0 saturated heterocycles. The Morgan fingerprint density at radius 2 is 1.78 bits per heavy atom. The summed E-state index contributed by atoms with van der Waals surface area (Å²) in [5, 5.41) is 5.67. The highest BCUT2D eigenvalue weighted by Gasteiger charge is 2.18. The van der Waals surface area contributed by atoms with Gasteiger partial charge in [0, 0.05) is 18.7 Å². The molecule has 2 unspecified atom stereocenters. The highest BCUT2D eigenvalue weighted by molar-refractivity contribution is 5.90. The summed E-state index contributed by atoms with van der Waals surface area (Å²) < 4.78 is 0. The van der Waals surface area contributed by atoms with Crippen LogP contribution in [0.15, 0.2) is 24.3 Å². The quantitative estimate of drug-likeness (QED) is 0.679. The number of rotatable bonds is 8. The first-order chi connectivity index (χ1) is 10.5. The van der Waals surface area contributed by atoms with Gasteiger partial charge < -0.3 is 16.4 Å². The molecule has 6 heteroatoms. The number of anilines is 1. The summed E-state index contributed by atoms with van der Waals surface area (Å²) in [6.07, 6.45) is 2.22. The second kappa shape index (κ2) is 11.0. The van der Waals surface area contributed by atoms with E-state index >= 15 is 0 Å². The molecule has 0 saturated carbocycles. The number of amides is 2. The van der Waals surface area contributed by atoms with Gasteiger partial charge in [-0.1, -0.05) is 39.3 Å². The minimum atomic E-state index is -0.474. The number of benzene rings is 1. The zero-order valence-electron chi connectivity index (χ0n) is 14.1. The molecule has 0 aromatic heterocycles. The van der Waals surface area contributed by atoms with Crippen molar-refractivity contribution in [1.82, 2.24) is 5.32 Å². The average Bonchev–Trinajstić information content (AvgIpc) is 2.52. The lowest BCUT2D eigenvalue weighted by Crippen LogP contribution is -2.44. The summed E-state index contributed by atoms with van der Waals surface area (Å²) in [7, 11) is 0. The molecule has 0 aliphatic carbocycles. The van der Waals surface area contributed by atoms with Gasteiger partial charge in [0.15, 0.2) is 0 Å². The Bertz CT molecular complexity index is 491. The van der Waals surface area contributed by atoms with E-state index in [0.29, 0.717) is 13.0 Å². The third-order valence-electron chi connectivity index (χ3n) is 3.74. The van der Waals surface area contributed by atoms with Gasteiger partial charge in [-0.3, -0.25) is 9.59 Å². The zero-order valence-corrected chi connectivity index (χ0v) is 14.9. The van der Waals surface area contributed by atoms with Crippen LogP contribution in [-0.2, 0) is 16.1 Å². The Balaban J connectivity index is 0.00000484. The lowest BCUT2D eigenvalue weighted by Gasteiger charge is -2.17. The topological polar surface area (TPSA) is 84.2 Å². The molecule has 5 nitrogen and oxygen atoms in total. The first-order valence-corrected chi connectivity index (χ1v) is 7.90. The van der Waals surface area contributed by atoms with Crippen molar-refractivity contribution >= 4 is 29.9 Å². The van der Waals surface area contributed by atoms with Gasteiger partial charge >= 0.3 is 0 Å². The van der Waals surface area contributed by atoms with Gasteiger partial charge in [0.1, 0.15) is 0 Å². The van der Waals surface area contributed by atoms with Crippen molar-refractivity contribution in [2.75, 3.05) is 5.32 Å². The monoisotopic (exact) mass is 341 g/mol. The Hall–Kier alpha value is -1.59. The van der Waals surface area contributed by atoms with E-state index in [-0.39, 0.29) is 30.1 Å². The molecule has 1 rings (SSSR count). The number of hydrogen-bond donors (Lipinski definition) is 3. The molecule has 0 heterocycles. The van der Waals surface area contributed by atoms with Gasteiger partial charge in [-0.15, -0.1) is 12.4 Å².